The summed E-state index contributed by atoms with van der Waals surface area (Å²) in [4.78, 5) is 4.47. The van der Waals surface area contributed by atoms with E-state index in [9.17, 15) is 0 Å². The molecule has 0 spiro atoms. The van der Waals surface area contributed by atoms with Gasteiger partial charge >= 0.3 is 0 Å². The highest BCUT2D eigenvalue weighted by Crippen LogP contribution is 2.20. The Morgan fingerprint density at radius 2 is 2.31 bits per heavy atom. The first-order valence-electron chi connectivity index (χ1n) is 6.31. The number of aromatic nitrogens is 2. The zero-order valence-electron chi connectivity index (χ0n) is 10.2. The summed E-state index contributed by atoms with van der Waals surface area (Å²) in [5, 5.41) is 7.50. The van der Waals surface area contributed by atoms with E-state index in [0.29, 0.717) is 12.0 Å². The fourth-order valence-electron chi connectivity index (χ4n) is 2.00. The Labute approximate surface area is 96.8 Å². The quantitative estimate of drug-likeness (QED) is 0.852. The molecule has 0 saturated carbocycles. The van der Waals surface area contributed by atoms with Gasteiger partial charge in [0.25, 0.3) is 0 Å². The zero-order chi connectivity index (χ0) is 11.4. The van der Waals surface area contributed by atoms with Crippen molar-refractivity contribution in [2.75, 3.05) is 6.54 Å². The fourth-order valence-corrected chi connectivity index (χ4v) is 2.00. The minimum Gasteiger partial charge on any atom is -0.339 e. The molecule has 1 saturated heterocycles. The molecule has 4 nitrogen and oxygen atoms in total. The zero-order valence-corrected chi connectivity index (χ0v) is 10.2. The molecule has 1 atom stereocenters. The summed E-state index contributed by atoms with van der Waals surface area (Å²) in [6, 6.07) is 0.310. The highest BCUT2D eigenvalue weighted by Gasteiger charge is 2.20. The molecule has 1 aliphatic rings. The molecule has 16 heavy (non-hydrogen) atoms. The van der Waals surface area contributed by atoms with Crippen molar-refractivity contribution >= 4 is 0 Å². The summed E-state index contributed by atoms with van der Waals surface area (Å²) in [7, 11) is 0. The second-order valence-electron chi connectivity index (χ2n) is 4.98. The summed E-state index contributed by atoms with van der Waals surface area (Å²) >= 11 is 0. The number of nitrogens with zero attached hydrogens (tertiary/aromatic N) is 2. The lowest BCUT2D eigenvalue weighted by atomic mass is 10.0. The third kappa shape index (κ3) is 3.04. The highest BCUT2D eigenvalue weighted by atomic mass is 16.5. The Bertz CT molecular complexity index is 316. The van der Waals surface area contributed by atoms with Gasteiger partial charge in [0.05, 0.1) is 6.04 Å². The summed E-state index contributed by atoms with van der Waals surface area (Å²) in [6.07, 6.45) is 5.66. The normalized spacial score (nSPS) is 21.6. The van der Waals surface area contributed by atoms with Crippen LogP contribution in [0.1, 0.15) is 57.3 Å². The lowest BCUT2D eigenvalue weighted by Crippen LogP contribution is -2.27. The monoisotopic (exact) mass is 223 g/mol. The Morgan fingerprint density at radius 1 is 1.44 bits per heavy atom. The number of piperidine rings is 1. The molecule has 0 radical (unpaired) electrons. The Kier molecular flexibility index (Phi) is 3.93. The molecule has 1 fully saturated rings. The summed E-state index contributed by atoms with van der Waals surface area (Å²) in [5.74, 6) is 2.32. The van der Waals surface area contributed by atoms with Gasteiger partial charge in [-0.15, -0.1) is 0 Å². The van der Waals surface area contributed by atoms with Gasteiger partial charge in [0.1, 0.15) is 0 Å². The topological polar surface area (TPSA) is 51.0 Å². The van der Waals surface area contributed by atoms with Crippen molar-refractivity contribution in [1.82, 2.24) is 15.5 Å². The molecule has 1 aromatic rings. The van der Waals surface area contributed by atoms with E-state index in [1.165, 1.54) is 12.8 Å². The molecular formula is C12H21N3O. The maximum absolute atomic E-state index is 5.27. The smallest absolute Gasteiger partial charge is 0.226 e. The standard InChI is InChI=1S/C12H21N3O/c1-9(2)6-7-11-14-12(15-16-11)10-5-3-4-8-13-10/h9-10,13H,3-8H2,1-2H3. The number of rotatable bonds is 4. The van der Waals surface area contributed by atoms with Gasteiger partial charge in [-0.2, -0.15) is 4.98 Å². The van der Waals surface area contributed by atoms with Crippen LogP contribution in [0.3, 0.4) is 0 Å². The van der Waals surface area contributed by atoms with Crippen molar-refractivity contribution < 1.29 is 4.52 Å². The minimum atomic E-state index is 0.310. The molecule has 0 bridgehead atoms. The van der Waals surface area contributed by atoms with E-state index in [1.54, 1.807) is 0 Å². The first-order valence-corrected chi connectivity index (χ1v) is 6.31. The number of aryl methyl sites for hydroxylation is 1. The molecule has 1 unspecified atom stereocenters. The summed E-state index contributed by atoms with van der Waals surface area (Å²) in [5.41, 5.74) is 0. The summed E-state index contributed by atoms with van der Waals surface area (Å²) < 4.78 is 5.27. The maximum Gasteiger partial charge on any atom is 0.226 e. The molecule has 0 amide bonds. The van der Waals surface area contributed by atoms with Crippen LogP contribution >= 0.6 is 0 Å². The third-order valence-electron chi connectivity index (χ3n) is 3.04. The largest absolute Gasteiger partial charge is 0.339 e. The van der Waals surface area contributed by atoms with Crippen molar-refractivity contribution in [3.63, 3.8) is 0 Å². The second kappa shape index (κ2) is 5.43. The number of nitrogens with one attached hydrogen (secondary N) is 1. The van der Waals surface area contributed by atoms with Crippen LogP contribution in [0.25, 0.3) is 0 Å². The van der Waals surface area contributed by atoms with Gasteiger partial charge in [0.15, 0.2) is 5.82 Å². The van der Waals surface area contributed by atoms with E-state index in [1.807, 2.05) is 0 Å². The van der Waals surface area contributed by atoms with Crippen LogP contribution < -0.4 is 5.32 Å². The fraction of sp³-hybridized carbons (Fsp3) is 0.833. The van der Waals surface area contributed by atoms with E-state index in [0.717, 1.165) is 37.5 Å². The van der Waals surface area contributed by atoms with E-state index in [4.69, 9.17) is 4.52 Å². The highest BCUT2D eigenvalue weighted by molar-refractivity contribution is 4.95. The maximum atomic E-state index is 5.27. The van der Waals surface area contributed by atoms with Crippen LogP contribution in [0, 0.1) is 5.92 Å². The van der Waals surface area contributed by atoms with Gasteiger partial charge in [-0.05, 0) is 31.7 Å². The average molecular weight is 223 g/mol. The van der Waals surface area contributed by atoms with Crippen molar-refractivity contribution in [2.45, 2.75) is 52.0 Å². The molecule has 90 valence electrons. The average Bonchev–Trinajstić information content (AvgIpc) is 2.76. The Balaban J connectivity index is 1.90. The Hall–Kier alpha value is -0.900. The number of hydrogen-bond acceptors (Lipinski definition) is 4. The van der Waals surface area contributed by atoms with Gasteiger partial charge in [0.2, 0.25) is 5.89 Å². The van der Waals surface area contributed by atoms with Crippen LogP contribution in [-0.2, 0) is 6.42 Å². The van der Waals surface area contributed by atoms with Gasteiger partial charge < -0.3 is 9.84 Å². The third-order valence-corrected chi connectivity index (χ3v) is 3.04. The van der Waals surface area contributed by atoms with Crippen molar-refractivity contribution in [2.24, 2.45) is 5.92 Å². The predicted octanol–water partition coefficient (Wildman–Crippen LogP) is 2.47. The Morgan fingerprint density at radius 3 is 3.00 bits per heavy atom. The van der Waals surface area contributed by atoms with Gasteiger partial charge in [-0.3, -0.25) is 0 Å². The van der Waals surface area contributed by atoms with E-state index < -0.39 is 0 Å². The molecule has 2 rings (SSSR count). The molecule has 2 heterocycles. The molecule has 4 heteroatoms. The molecule has 1 N–H and O–H groups in total. The molecule has 0 aliphatic carbocycles. The molecule has 1 aliphatic heterocycles. The van der Waals surface area contributed by atoms with E-state index in [2.05, 4.69) is 29.3 Å². The molecule has 0 aromatic carbocycles. The second-order valence-corrected chi connectivity index (χ2v) is 4.98. The first kappa shape index (κ1) is 11.6. The molecule has 1 aromatic heterocycles. The van der Waals surface area contributed by atoms with Crippen LogP contribution in [0.15, 0.2) is 4.52 Å². The SMILES string of the molecule is CC(C)CCc1nc(C2CCCCN2)no1. The van der Waals surface area contributed by atoms with Gasteiger partial charge in [0, 0.05) is 6.42 Å². The molecular weight excluding hydrogens is 202 g/mol. The van der Waals surface area contributed by atoms with E-state index >= 15 is 0 Å². The van der Waals surface area contributed by atoms with Crippen LogP contribution in [-0.4, -0.2) is 16.7 Å². The van der Waals surface area contributed by atoms with Gasteiger partial charge in [-0.25, -0.2) is 0 Å². The first-order chi connectivity index (χ1) is 7.75. The summed E-state index contributed by atoms with van der Waals surface area (Å²) in [6.45, 7) is 5.49. The lowest BCUT2D eigenvalue weighted by Gasteiger charge is -2.19. The van der Waals surface area contributed by atoms with Crippen molar-refractivity contribution in [1.29, 1.82) is 0 Å². The van der Waals surface area contributed by atoms with E-state index in [-0.39, 0.29) is 0 Å². The van der Waals surface area contributed by atoms with Crippen LogP contribution in [0.2, 0.25) is 0 Å². The van der Waals surface area contributed by atoms with Crippen molar-refractivity contribution in [3.8, 4) is 0 Å². The minimum absolute atomic E-state index is 0.310. The van der Waals surface area contributed by atoms with Crippen molar-refractivity contribution in [3.05, 3.63) is 11.7 Å². The number of hydrogen-bond donors (Lipinski definition) is 1. The predicted molar refractivity (Wildman–Crippen MR) is 62.1 cm³/mol. The van der Waals surface area contributed by atoms with Gasteiger partial charge in [-0.1, -0.05) is 25.4 Å². The van der Waals surface area contributed by atoms with Crippen LogP contribution in [0.4, 0.5) is 0 Å². The lowest BCUT2D eigenvalue weighted by molar-refractivity contribution is 0.343. The van der Waals surface area contributed by atoms with Crippen LogP contribution in [0.5, 0.6) is 0 Å².